The fraction of sp³-hybridized carbons (Fsp3) is 0.643. The minimum Gasteiger partial charge on any atom is -0.265 e. The Kier molecular flexibility index (Phi) is 6.06. The highest BCUT2D eigenvalue weighted by atomic mass is 14.6. The lowest BCUT2D eigenvalue weighted by molar-refractivity contribution is 0.520. The molecule has 0 fully saturated rings. The lowest BCUT2D eigenvalue weighted by Gasteiger charge is -2.04. The van der Waals surface area contributed by atoms with Gasteiger partial charge in [0.1, 0.15) is 0 Å². The third kappa shape index (κ3) is 6.27. The van der Waals surface area contributed by atoms with Crippen LogP contribution in [-0.2, 0) is 6.42 Å². The van der Waals surface area contributed by atoms with Crippen LogP contribution in [0.25, 0.3) is 0 Å². The summed E-state index contributed by atoms with van der Waals surface area (Å²) >= 11 is 0. The predicted molar refractivity (Wildman–Crippen MR) is 65.9 cm³/mol. The molecule has 0 aliphatic heterocycles. The zero-order valence-electron chi connectivity index (χ0n) is 10.1. The Morgan fingerprint density at radius 3 is 2.33 bits per heavy atom. The van der Waals surface area contributed by atoms with Crippen molar-refractivity contribution < 1.29 is 0 Å². The van der Waals surface area contributed by atoms with Gasteiger partial charge in [-0.3, -0.25) is 4.98 Å². The lowest BCUT2D eigenvalue weighted by atomic mass is 10.0. The highest BCUT2D eigenvalue weighted by Crippen LogP contribution is 2.11. The summed E-state index contributed by atoms with van der Waals surface area (Å²) in [6, 6.07) is 4.24. The van der Waals surface area contributed by atoms with Gasteiger partial charge in [-0.25, -0.2) is 0 Å². The number of nitrogens with zero attached hydrogens (tertiary/aromatic N) is 1. The Labute approximate surface area is 93.9 Å². The molecule has 0 aliphatic carbocycles. The Balaban J connectivity index is 1.98. The molecule has 84 valence electrons. The van der Waals surface area contributed by atoms with Gasteiger partial charge in [0, 0.05) is 12.4 Å². The molecule has 1 rings (SSSR count). The van der Waals surface area contributed by atoms with Crippen molar-refractivity contribution in [3.8, 4) is 0 Å². The number of unbranched alkanes of at least 4 members (excludes halogenated alkanes) is 3. The van der Waals surface area contributed by atoms with E-state index in [1.165, 1.54) is 44.1 Å². The van der Waals surface area contributed by atoms with Crippen LogP contribution in [0.1, 0.15) is 51.5 Å². The highest BCUT2D eigenvalue weighted by Gasteiger charge is 1.95. The van der Waals surface area contributed by atoms with Crippen LogP contribution in [0.4, 0.5) is 0 Å². The summed E-state index contributed by atoms with van der Waals surface area (Å²) in [5.74, 6) is 0.866. The first kappa shape index (κ1) is 12.2. The van der Waals surface area contributed by atoms with E-state index in [9.17, 15) is 0 Å². The van der Waals surface area contributed by atoms with Gasteiger partial charge in [-0.15, -0.1) is 0 Å². The van der Waals surface area contributed by atoms with E-state index in [2.05, 4.69) is 31.0 Å². The Morgan fingerprint density at radius 2 is 1.67 bits per heavy atom. The molecule has 1 aromatic rings. The molecule has 0 saturated heterocycles. The van der Waals surface area contributed by atoms with Gasteiger partial charge in [0.2, 0.25) is 0 Å². The van der Waals surface area contributed by atoms with Crippen LogP contribution in [0.2, 0.25) is 0 Å². The van der Waals surface area contributed by atoms with Gasteiger partial charge in [-0.1, -0.05) is 39.5 Å². The fourth-order valence-corrected chi connectivity index (χ4v) is 1.78. The van der Waals surface area contributed by atoms with E-state index in [-0.39, 0.29) is 0 Å². The van der Waals surface area contributed by atoms with Crippen LogP contribution in [0.3, 0.4) is 0 Å². The van der Waals surface area contributed by atoms with Gasteiger partial charge >= 0.3 is 0 Å². The van der Waals surface area contributed by atoms with E-state index >= 15 is 0 Å². The average Bonchev–Trinajstić information content (AvgIpc) is 2.24. The van der Waals surface area contributed by atoms with Gasteiger partial charge in [-0.05, 0) is 36.5 Å². The van der Waals surface area contributed by atoms with Gasteiger partial charge in [0.25, 0.3) is 0 Å². The quantitative estimate of drug-likeness (QED) is 0.607. The molecule has 1 aromatic heterocycles. The average molecular weight is 205 g/mol. The standard InChI is InChI=1S/C14H23N/c1-13(2)7-5-3-4-6-8-14-9-11-15-12-10-14/h9-13H,3-8H2,1-2H3. The summed E-state index contributed by atoms with van der Waals surface area (Å²) in [4.78, 5) is 4.02. The van der Waals surface area contributed by atoms with E-state index in [0.29, 0.717) is 0 Å². The normalized spacial score (nSPS) is 10.9. The van der Waals surface area contributed by atoms with Crippen LogP contribution >= 0.6 is 0 Å². The van der Waals surface area contributed by atoms with Crippen molar-refractivity contribution >= 4 is 0 Å². The first-order chi connectivity index (χ1) is 7.29. The van der Waals surface area contributed by atoms with Gasteiger partial charge in [0.05, 0.1) is 0 Å². The maximum Gasteiger partial charge on any atom is 0.0270 e. The molecule has 15 heavy (non-hydrogen) atoms. The van der Waals surface area contributed by atoms with Crippen molar-refractivity contribution in [2.24, 2.45) is 5.92 Å². The topological polar surface area (TPSA) is 12.9 Å². The smallest absolute Gasteiger partial charge is 0.0270 e. The van der Waals surface area contributed by atoms with E-state index in [1.807, 2.05) is 12.4 Å². The summed E-state index contributed by atoms with van der Waals surface area (Å²) in [5, 5.41) is 0. The van der Waals surface area contributed by atoms with Crippen LogP contribution in [0.15, 0.2) is 24.5 Å². The third-order valence-electron chi connectivity index (χ3n) is 2.75. The molecular formula is C14H23N. The summed E-state index contributed by atoms with van der Waals surface area (Å²) in [7, 11) is 0. The molecule has 0 radical (unpaired) electrons. The molecule has 0 aromatic carbocycles. The van der Waals surface area contributed by atoms with Crippen molar-refractivity contribution in [2.45, 2.75) is 52.4 Å². The van der Waals surface area contributed by atoms with Gasteiger partial charge in [0.15, 0.2) is 0 Å². The highest BCUT2D eigenvalue weighted by molar-refractivity contribution is 5.09. The zero-order chi connectivity index (χ0) is 10.9. The van der Waals surface area contributed by atoms with Gasteiger partial charge < -0.3 is 0 Å². The van der Waals surface area contributed by atoms with Crippen LogP contribution < -0.4 is 0 Å². The summed E-state index contributed by atoms with van der Waals surface area (Å²) in [6.45, 7) is 4.61. The molecule has 0 aliphatic rings. The molecule has 0 spiro atoms. The van der Waals surface area contributed by atoms with Gasteiger partial charge in [-0.2, -0.15) is 0 Å². The monoisotopic (exact) mass is 205 g/mol. The first-order valence-electron chi connectivity index (χ1n) is 6.18. The number of hydrogen-bond acceptors (Lipinski definition) is 1. The summed E-state index contributed by atoms with van der Waals surface area (Å²) in [6.07, 6.45) is 11.8. The molecule has 0 saturated carbocycles. The maximum absolute atomic E-state index is 4.02. The molecule has 1 heterocycles. The lowest BCUT2D eigenvalue weighted by Crippen LogP contribution is -1.89. The third-order valence-corrected chi connectivity index (χ3v) is 2.75. The van der Waals surface area contributed by atoms with E-state index in [1.54, 1.807) is 0 Å². The van der Waals surface area contributed by atoms with E-state index in [0.717, 1.165) is 5.92 Å². The van der Waals surface area contributed by atoms with Crippen LogP contribution in [-0.4, -0.2) is 4.98 Å². The Bertz CT molecular complexity index is 241. The number of pyridine rings is 1. The molecular weight excluding hydrogens is 182 g/mol. The molecule has 0 amide bonds. The van der Waals surface area contributed by atoms with Crippen molar-refractivity contribution in [3.05, 3.63) is 30.1 Å². The minimum absolute atomic E-state index is 0.866. The predicted octanol–water partition coefficient (Wildman–Crippen LogP) is 4.23. The van der Waals surface area contributed by atoms with Crippen LogP contribution in [0, 0.1) is 5.92 Å². The number of hydrogen-bond donors (Lipinski definition) is 0. The molecule has 1 nitrogen and oxygen atoms in total. The molecule has 0 N–H and O–H groups in total. The number of rotatable bonds is 7. The second-order valence-corrected chi connectivity index (χ2v) is 4.70. The van der Waals surface area contributed by atoms with E-state index in [4.69, 9.17) is 0 Å². The first-order valence-corrected chi connectivity index (χ1v) is 6.18. The number of aromatic nitrogens is 1. The Hall–Kier alpha value is -0.850. The summed E-state index contributed by atoms with van der Waals surface area (Å²) in [5.41, 5.74) is 1.42. The van der Waals surface area contributed by atoms with Crippen LogP contribution in [0.5, 0.6) is 0 Å². The zero-order valence-corrected chi connectivity index (χ0v) is 10.1. The van der Waals surface area contributed by atoms with Crippen molar-refractivity contribution in [1.29, 1.82) is 0 Å². The molecule has 0 atom stereocenters. The van der Waals surface area contributed by atoms with Crippen molar-refractivity contribution in [2.75, 3.05) is 0 Å². The molecule has 0 bridgehead atoms. The van der Waals surface area contributed by atoms with E-state index < -0.39 is 0 Å². The second-order valence-electron chi connectivity index (χ2n) is 4.70. The maximum atomic E-state index is 4.02. The van der Waals surface area contributed by atoms with Crippen molar-refractivity contribution in [3.63, 3.8) is 0 Å². The Morgan fingerprint density at radius 1 is 1.00 bits per heavy atom. The molecule has 0 unspecified atom stereocenters. The summed E-state index contributed by atoms with van der Waals surface area (Å²) < 4.78 is 0. The second kappa shape index (κ2) is 7.44. The van der Waals surface area contributed by atoms with Crippen molar-refractivity contribution in [1.82, 2.24) is 4.98 Å². The molecule has 1 heteroatoms. The minimum atomic E-state index is 0.866. The SMILES string of the molecule is CC(C)CCCCCCc1ccncc1. The number of aryl methyl sites for hydroxylation is 1. The fourth-order valence-electron chi connectivity index (χ4n) is 1.78. The largest absolute Gasteiger partial charge is 0.265 e.